The normalized spacial score (nSPS) is 16.7. The molecule has 2 aromatic heterocycles. The molecule has 1 aliphatic heterocycles. The van der Waals surface area contributed by atoms with Crippen LogP contribution in [0.3, 0.4) is 0 Å². The highest BCUT2D eigenvalue weighted by atomic mass is 32.2. The maximum atomic E-state index is 12.4. The van der Waals surface area contributed by atoms with Gasteiger partial charge in [-0.2, -0.15) is 10.2 Å². The first-order valence-corrected chi connectivity index (χ1v) is 10.0. The van der Waals surface area contributed by atoms with Gasteiger partial charge in [0, 0.05) is 23.9 Å². The van der Waals surface area contributed by atoms with Gasteiger partial charge in [-0.15, -0.1) is 11.8 Å². The van der Waals surface area contributed by atoms with Crippen molar-refractivity contribution in [3.63, 3.8) is 0 Å². The zero-order valence-corrected chi connectivity index (χ0v) is 16.8. The van der Waals surface area contributed by atoms with E-state index in [4.69, 9.17) is 5.10 Å². The van der Waals surface area contributed by atoms with Gasteiger partial charge in [-0.3, -0.25) is 9.48 Å². The number of hydrogen-bond acceptors (Lipinski definition) is 4. The van der Waals surface area contributed by atoms with Crippen LogP contribution >= 0.6 is 11.8 Å². The number of anilines is 1. The Morgan fingerprint density at radius 3 is 2.48 bits per heavy atom. The highest BCUT2D eigenvalue weighted by molar-refractivity contribution is 8.00. The van der Waals surface area contributed by atoms with Gasteiger partial charge in [-0.05, 0) is 26.3 Å². The number of nitrogens with one attached hydrogen (secondary N) is 1. The Bertz CT molecular complexity index is 1010. The van der Waals surface area contributed by atoms with E-state index in [1.807, 2.05) is 48.5 Å². The van der Waals surface area contributed by atoms with Crippen molar-refractivity contribution in [2.24, 2.45) is 7.05 Å². The van der Waals surface area contributed by atoms with Crippen LogP contribution in [0, 0.1) is 20.8 Å². The number of thioether (sulfide) groups is 1. The molecule has 3 heterocycles. The second-order valence-corrected chi connectivity index (χ2v) is 8.03. The lowest BCUT2D eigenvalue weighted by atomic mass is 10.0. The number of rotatable bonds is 3. The SMILES string of the molecule is Cc1nn(C)c(C)c1[C@H]1SCC(=O)Nc2c1c(C)nn2Cc1ccccc1. The second-order valence-electron chi connectivity index (χ2n) is 6.94. The molecule has 1 aromatic carbocycles. The van der Waals surface area contributed by atoms with Crippen molar-refractivity contribution in [2.75, 3.05) is 11.1 Å². The van der Waals surface area contributed by atoms with Gasteiger partial charge in [-0.25, -0.2) is 4.68 Å². The fourth-order valence-electron chi connectivity index (χ4n) is 3.72. The number of benzene rings is 1. The fraction of sp³-hybridized carbons (Fsp3) is 0.350. The van der Waals surface area contributed by atoms with Crippen molar-refractivity contribution in [1.29, 1.82) is 0 Å². The summed E-state index contributed by atoms with van der Waals surface area (Å²) in [4.78, 5) is 12.4. The first-order valence-electron chi connectivity index (χ1n) is 8.98. The van der Waals surface area contributed by atoms with Crippen molar-refractivity contribution in [1.82, 2.24) is 19.6 Å². The lowest BCUT2D eigenvalue weighted by Crippen LogP contribution is -2.16. The number of aryl methyl sites for hydroxylation is 3. The molecule has 0 bridgehead atoms. The molecule has 1 atom stereocenters. The molecule has 6 nitrogen and oxygen atoms in total. The van der Waals surface area contributed by atoms with Crippen molar-refractivity contribution in [2.45, 2.75) is 32.6 Å². The van der Waals surface area contributed by atoms with Crippen molar-refractivity contribution >= 4 is 23.5 Å². The lowest BCUT2D eigenvalue weighted by Gasteiger charge is -2.16. The Balaban J connectivity index is 1.84. The molecule has 0 saturated heterocycles. The maximum Gasteiger partial charge on any atom is 0.235 e. The molecule has 1 amide bonds. The minimum Gasteiger partial charge on any atom is -0.310 e. The molecule has 0 unspecified atom stereocenters. The summed E-state index contributed by atoms with van der Waals surface area (Å²) in [6, 6.07) is 10.2. The Morgan fingerprint density at radius 1 is 1.11 bits per heavy atom. The van der Waals surface area contributed by atoms with E-state index in [0.29, 0.717) is 12.3 Å². The van der Waals surface area contributed by atoms with Crippen molar-refractivity contribution in [3.05, 3.63) is 64.1 Å². The third-order valence-electron chi connectivity index (χ3n) is 5.08. The highest BCUT2D eigenvalue weighted by Crippen LogP contribution is 2.45. The molecule has 4 rings (SSSR count). The van der Waals surface area contributed by atoms with E-state index < -0.39 is 0 Å². The number of hydrogen-bond donors (Lipinski definition) is 1. The molecule has 3 aromatic rings. The van der Waals surface area contributed by atoms with Crippen LogP contribution < -0.4 is 5.32 Å². The zero-order valence-electron chi connectivity index (χ0n) is 16.0. The quantitative estimate of drug-likeness (QED) is 0.755. The van der Waals surface area contributed by atoms with E-state index >= 15 is 0 Å². The molecule has 1 N–H and O–H groups in total. The standard InChI is InChI=1S/C20H23N5OS/c1-12-17(14(3)24(4)22-12)19-18-13(2)23-25(10-15-8-6-5-7-9-15)20(18)21-16(26)11-27-19/h5-9,19H,10-11H2,1-4H3,(H,21,26)/t19-/m1/s1. The van der Waals surface area contributed by atoms with Crippen LogP contribution in [0.25, 0.3) is 0 Å². The maximum absolute atomic E-state index is 12.4. The lowest BCUT2D eigenvalue weighted by molar-refractivity contribution is -0.113. The minimum absolute atomic E-state index is 0.0113. The van der Waals surface area contributed by atoms with Crippen molar-refractivity contribution in [3.8, 4) is 0 Å². The molecule has 0 spiro atoms. The minimum atomic E-state index is 0.0113. The van der Waals surface area contributed by atoms with E-state index in [-0.39, 0.29) is 11.2 Å². The third-order valence-corrected chi connectivity index (χ3v) is 6.31. The molecular weight excluding hydrogens is 358 g/mol. The summed E-state index contributed by atoms with van der Waals surface area (Å²) in [5, 5.41) is 12.5. The topological polar surface area (TPSA) is 64.7 Å². The number of amides is 1. The Hall–Kier alpha value is -2.54. The Kier molecular flexibility index (Phi) is 4.55. The number of fused-ring (bicyclic) bond motifs is 1. The van der Waals surface area contributed by atoms with Gasteiger partial charge in [0.15, 0.2) is 0 Å². The van der Waals surface area contributed by atoms with Gasteiger partial charge in [0.05, 0.1) is 28.9 Å². The number of nitrogens with zero attached hydrogens (tertiary/aromatic N) is 4. The number of carbonyl (C=O) groups is 1. The first kappa shape index (κ1) is 17.9. The Morgan fingerprint density at radius 2 is 1.81 bits per heavy atom. The predicted molar refractivity (Wildman–Crippen MR) is 108 cm³/mol. The Labute approximate surface area is 163 Å². The van der Waals surface area contributed by atoms with Gasteiger partial charge in [-0.1, -0.05) is 30.3 Å². The van der Waals surface area contributed by atoms with E-state index in [1.54, 1.807) is 11.8 Å². The molecule has 1 aliphatic rings. The number of carbonyl (C=O) groups excluding carboxylic acids is 1. The first-order chi connectivity index (χ1) is 13.0. The van der Waals surface area contributed by atoms with E-state index in [9.17, 15) is 4.79 Å². The summed E-state index contributed by atoms with van der Waals surface area (Å²) < 4.78 is 3.83. The van der Waals surface area contributed by atoms with E-state index in [0.717, 1.165) is 34.0 Å². The molecule has 0 radical (unpaired) electrons. The smallest absolute Gasteiger partial charge is 0.235 e. The second kappa shape index (κ2) is 6.88. The van der Waals surface area contributed by atoms with Crippen LogP contribution in [-0.2, 0) is 18.4 Å². The van der Waals surface area contributed by atoms with Crippen LogP contribution in [0.15, 0.2) is 30.3 Å². The average molecular weight is 382 g/mol. The predicted octanol–water partition coefficient (Wildman–Crippen LogP) is 3.36. The van der Waals surface area contributed by atoms with E-state index in [1.165, 1.54) is 5.56 Å². The molecule has 7 heteroatoms. The molecule has 140 valence electrons. The highest BCUT2D eigenvalue weighted by Gasteiger charge is 2.33. The zero-order chi connectivity index (χ0) is 19.1. The van der Waals surface area contributed by atoms with Crippen LogP contribution in [0.4, 0.5) is 5.82 Å². The summed E-state index contributed by atoms with van der Waals surface area (Å²) in [5.74, 6) is 1.23. The van der Waals surface area contributed by atoms with E-state index in [2.05, 4.69) is 29.5 Å². The van der Waals surface area contributed by atoms with Crippen LogP contribution in [0.5, 0.6) is 0 Å². The summed E-state index contributed by atoms with van der Waals surface area (Å²) in [6.07, 6.45) is 0. The molecule has 27 heavy (non-hydrogen) atoms. The van der Waals surface area contributed by atoms with Crippen LogP contribution in [-0.4, -0.2) is 31.2 Å². The average Bonchev–Trinajstić information content (AvgIpc) is 2.98. The summed E-state index contributed by atoms with van der Waals surface area (Å²) in [7, 11) is 1.96. The number of aromatic nitrogens is 4. The molecule has 0 aliphatic carbocycles. The van der Waals surface area contributed by atoms with Gasteiger partial charge in [0.1, 0.15) is 5.82 Å². The molecule has 0 fully saturated rings. The van der Waals surface area contributed by atoms with Crippen molar-refractivity contribution < 1.29 is 4.79 Å². The van der Waals surface area contributed by atoms with Gasteiger partial charge in [0.2, 0.25) is 5.91 Å². The van der Waals surface area contributed by atoms with Gasteiger partial charge >= 0.3 is 0 Å². The van der Waals surface area contributed by atoms with Crippen LogP contribution in [0.2, 0.25) is 0 Å². The summed E-state index contributed by atoms with van der Waals surface area (Å²) >= 11 is 1.64. The van der Waals surface area contributed by atoms with Gasteiger partial charge < -0.3 is 5.32 Å². The van der Waals surface area contributed by atoms with Crippen LogP contribution in [0.1, 0.15) is 39.0 Å². The molecule has 0 saturated carbocycles. The summed E-state index contributed by atoms with van der Waals surface area (Å²) in [6.45, 7) is 6.76. The molecular formula is C20H23N5OS. The third kappa shape index (κ3) is 3.16. The largest absolute Gasteiger partial charge is 0.310 e. The summed E-state index contributed by atoms with van der Waals surface area (Å²) in [5.41, 5.74) is 6.50. The monoisotopic (exact) mass is 381 g/mol. The fourth-order valence-corrected chi connectivity index (χ4v) is 5.07. The van der Waals surface area contributed by atoms with Gasteiger partial charge in [0.25, 0.3) is 0 Å².